The number of aliphatic hydroxyl groups is 1. The molecule has 2 aromatic rings. The first-order chi connectivity index (χ1) is 10.2. The van der Waals surface area contributed by atoms with Crippen LogP contribution >= 0.6 is 11.3 Å². The number of aryl methyl sites for hydroxylation is 1. The van der Waals surface area contributed by atoms with Crippen molar-refractivity contribution in [1.82, 2.24) is 14.9 Å². The Morgan fingerprint density at radius 1 is 1.43 bits per heavy atom. The third kappa shape index (κ3) is 3.93. The van der Waals surface area contributed by atoms with Crippen molar-refractivity contribution in [3.8, 4) is 10.7 Å². The number of hydrogen-bond donors (Lipinski definition) is 2. The molecule has 5 heteroatoms. The Morgan fingerprint density at radius 2 is 2.29 bits per heavy atom. The lowest BCUT2D eigenvalue weighted by atomic mass is 9.91. The van der Waals surface area contributed by atoms with E-state index in [1.165, 1.54) is 4.88 Å². The number of rotatable bonds is 9. The lowest BCUT2D eigenvalue weighted by Crippen LogP contribution is -2.48. The maximum Gasteiger partial charge on any atom is 0.149 e. The number of aliphatic hydroxyl groups excluding tert-OH is 1. The molecule has 1 unspecified atom stereocenters. The van der Waals surface area contributed by atoms with E-state index in [4.69, 9.17) is 0 Å². The molecule has 2 aromatic heterocycles. The highest BCUT2D eigenvalue weighted by Gasteiger charge is 2.25. The molecule has 0 saturated carbocycles. The van der Waals surface area contributed by atoms with Crippen LogP contribution in [0.1, 0.15) is 33.1 Å². The van der Waals surface area contributed by atoms with Gasteiger partial charge >= 0.3 is 0 Å². The van der Waals surface area contributed by atoms with Crippen LogP contribution in [0.5, 0.6) is 0 Å². The van der Waals surface area contributed by atoms with Gasteiger partial charge in [-0.15, -0.1) is 11.3 Å². The average Bonchev–Trinajstić information content (AvgIpc) is 3.17. The van der Waals surface area contributed by atoms with Gasteiger partial charge < -0.3 is 15.0 Å². The van der Waals surface area contributed by atoms with Gasteiger partial charge in [0.2, 0.25) is 0 Å². The Hall–Kier alpha value is -1.17. The number of hydrogen-bond acceptors (Lipinski definition) is 4. The first-order valence-corrected chi connectivity index (χ1v) is 8.53. The molecule has 0 aromatic carbocycles. The lowest BCUT2D eigenvalue weighted by molar-refractivity contribution is 0.145. The van der Waals surface area contributed by atoms with Crippen LogP contribution in [0.4, 0.5) is 0 Å². The fourth-order valence-electron chi connectivity index (χ4n) is 2.72. The van der Waals surface area contributed by atoms with E-state index in [0.29, 0.717) is 0 Å². The molecule has 0 aliphatic heterocycles. The van der Waals surface area contributed by atoms with E-state index in [0.717, 1.165) is 38.2 Å². The van der Waals surface area contributed by atoms with Gasteiger partial charge in [0.1, 0.15) is 5.82 Å². The van der Waals surface area contributed by atoms with E-state index in [-0.39, 0.29) is 12.1 Å². The largest absolute Gasteiger partial charge is 0.394 e. The second-order valence-corrected chi connectivity index (χ2v) is 6.30. The minimum absolute atomic E-state index is 0.140. The van der Waals surface area contributed by atoms with E-state index in [2.05, 4.69) is 46.2 Å². The summed E-state index contributed by atoms with van der Waals surface area (Å²) in [4.78, 5) is 5.66. The van der Waals surface area contributed by atoms with Crippen molar-refractivity contribution in [2.24, 2.45) is 0 Å². The van der Waals surface area contributed by atoms with E-state index in [1.807, 2.05) is 12.4 Å². The molecular weight excluding hydrogens is 282 g/mol. The summed E-state index contributed by atoms with van der Waals surface area (Å²) < 4.78 is 2.20. The summed E-state index contributed by atoms with van der Waals surface area (Å²) in [5, 5.41) is 15.2. The van der Waals surface area contributed by atoms with Crippen molar-refractivity contribution < 1.29 is 5.11 Å². The number of imidazole rings is 1. The van der Waals surface area contributed by atoms with Crippen LogP contribution in [0.2, 0.25) is 0 Å². The van der Waals surface area contributed by atoms with Gasteiger partial charge in [-0.3, -0.25) is 0 Å². The molecule has 0 bridgehead atoms. The minimum atomic E-state index is -0.140. The topological polar surface area (TPSA) is 50.1 Å². The summed E-state index contributed by atoms with van der Waals surface area (Å²) in [6, 6.07) is 4.16. The van der Waals surface area contributed by atoms with Crippen LogP contribution in [0.3, 0.4) is 0 Å². The van der Waals surface area contributed by atoms with Gasteiger partial charge in [0, 0.05) is 24.5 Å². The Kier molecular flexibility index (Phi) is 5.96. The highest BCUT2D eigenvalue weighted by atomic mass is 32.1. The van der Waals surface area contributed by atoms with Gasteiger partial charge in [0.25, 0.3) is 0 Å². The van der Waals surface area contributed by atoms with Gasteiger partial charge in [0.15, 0.2) is 0 Å². The first kappa shape index (κ1) is 16.2. The van der Waals surface area contributed by atoms with E-state index in [1.54, 1.807) is 11.3 Å². The summed E-state index contributed by atoms with van der Waals surface area (Å²) >= 11 is 1.72. The highest BCUT2D eigenvalue weighted by molar-refractivity contribution is 7.13. The number of likely N-dealkylation sites (N-methyl/N-ethyl adjacent to an activating group) is 1. The molecule has 21 heavy (non-hydrogen) atoms. The molecule has 2 heterocycles. The van der Waals surface area contributed by atoms with Gasteiger partial charge in [0.05, 0.1) is 11.5 Å². The van der Waals surface area contributed by atoms with E-state index in [9.17, 15) is 5.11 Å². The molecule has 0 aliphatic carbocycles. The number of nitrogens with one attached hydrogen (secondary N) is 1. The Morgan fingerprint density at radius 3 is 2.90 bits per heavy atom. The minimum Gasteiger partial charge on any atom is -0.394 e. The zero-order valence-electron chi connectivity index (χ0n) is 12.9. The van der Waals surface area contributed by atoms with Gasteiger partial charge in [-0.2, -0.15) is 0 Å². The SMILES string of the molecule is CCNC(CC)(CO)CCCn1ccnc1-c1cccs1. The molecule has 0 amide bonds. The van der Waals surface area contributed by atoms with Crippen LogP contribution in [0, 0.1) is 0 Å². The molecule has 0 radical (unpaired) electrons. The number of aromatic nitrogens is 2. The Labute approximate surface area is 130 Å². The quantitative estimate of drug-likeness (QED) is 0.748. The van der Waals surface area contributed by atoms with Crippen LogP contribution in [0.15, 0.2) is 29.9 Å². The van der Waals surface area contributed by atoms with Crippen molar-refractivity contribution in [3.05, 3.63) is 29.9 Å². The zero-order chi connectivity index (χ0) is 15.1. The average molecular weight is 307 g/mol. The lowest BCUT2D eigenvalue weighted by Gasteiger charge is -2.32. The van der Waals surface area contributed by atoms with Gasteiger partial charge in [-0.05, 0) is 37.3 Å². The molecular formula is C16H25N3OS. The second kappa shape index (κ2) is 7.73. The normalized spacial score (nSPS) is 14.2. The van der Waals surface area contributed by atoms with Gasteiger partial charge in [-0.1, -0.05) is 19.9 Å². The summed E-state index contributed by atoms with van der Waals surface area (Å²) in [6.07, 6.45) is 6.83. The summed E-state index contributed by atoms with van der Waals surface area (Å²) in [5.41, 5.74) is -0.140. The first-order valence-electron chi connectivity index (χ1n) is 7.65. The van der Waals surface area contributed by atoms with Crippen molar-refractivity contribution >= 4 is 11.3 Å². The van der Waals surface area contributed by atoms with Crippen LogP contribution in [0.25, 0.3) is 10.7 Å². The number of thiophene rings is 1. The summed E-state index contributed by atoms with van der Waals surface area (Å²) in [6.45, 7) is 6.23. The molecule has 0 saturated heterocycles. The summed E-state index contributed by atoms with van der Waals surface area (Å²) in [7, 11) is 0. The fraction of sp³-hybridized carbons (Fsp3) is 0.562. The predicted octanol–water partition coefficient (Wildman–Crippen LogP) is 3.14. The molecule has 1 atom stereocenters. The molecule has 4 nitrogen and oxygen atoms in total. The zero-order valence-corrected chi connectivity index (χ0v) is 13.7. The number of nitrogens with zero attached hydrogens (tertiary/aromatic N) is 2. The van der Waals surface area contributed by atoms with Crippen LogP contribution in [-0.2, 0) is 6.54 Å². The van der Waals surface area contributed by atoms with Crippen LogP contribution in [-0.4, -0.2) is 33.3 Å². The predicted molar refractivity (Wildman–Crippen MR) is 88.6 cm³/mol. The molecule has 2 N–H and O–H groups in total. The standard InChI is InChI=1S/C16H25N3OS/c1-3-16(13-20,18-4-2)8-6-10-19-11-9-17-15(19)14-7-5-12-21-14/h5,7,9,11-12,18,20H,3-4,6,8,10,13H2,1-2H3. The fourth-order valence-corrected chi connectivity index (χ4v) is 3.46. The smallest absolute Gasteiger partial charge is 0.149 e. The van der Waals surface area contributed by atoms with Gasteiger partial charge in [-0.25, -0.2) is 4.98 Å². The monoisotopic (exact) mass is 307 g/mol. The maximum atomic E-state index is 9.69. The molecule has 2 rings (SSSR count). The Bertz CT molecular complexity index is 517. The molecule has 0 fully saturated rings. The third-order valence-electron chi connectivity index (χ3n) is 4.04. The third-order valence-corrected chi connectivity index (χ3v) is 4.91. The molecule has 0 aliphatic rings. The maximum absolute atomic E-state index is 9.69. The molecule has 0 spiro atoms. The molecule has 116 valence electrons. The van der Waals surface area contributed by atoms with E-state index >= 15 is 0 Å². The van der Waals surface area contributed by atoms with Crippen LogP contribution < -0.4 is 5.32 Å². The second-order valence-electron chi connectivity index (χ2n) is 5.35. The van der Waals surface area contributed by atoms with Crippen molar-refractivity contribution in [1.29, 1.82) is 0 Å². The highest BCUT2D eigenvalue weighted by Crippen LogP contribution is 2.24. The van der Waals surface area contributed by atoms with Crippen molar-refractivity contribution in [3.63, 3.8) is 0 Å². The van der Waals surface area contributed by atoms with Crippen molar-refractivity contribution in [2.75, 3.05) is 13.2 Å². The van der Waals surface area contributed by atoms with Crippen molar-refractivity contribution in [2.45, 2.75) is 45.2 Å². The summed E-state index contributed by atoms with van der Waals surface area (Å²) in [5.74, 6) is 1.04. The van der Waals surface area contributed by atoms with E-state index < -0.39 is 0 Å². The Balaban J connectivity index is 1.96.